The number of phenols is 1. The first-order chi connectivity index (χ1) is 11.7. The van der Waals surface area contributed by atoms with E-state index in [9.17, 15) is 5.11 Å². The Hall–Kier alpha value is -3.12. The lowest BCUT2D eigenvalue weighted by Crippen LogP contribution is -1.78. The highest BCUT2D eigenvalue weighted by Crippen LogP contribution is 2.30. The van der Waals surface area contributed by atoms with Crippen molar-refractivity contribution in [2.75, 3.05) is 0 Å². The van der Waals surface area contributed by atoms with E-state index in [1.54, 1.807) is 36.4 Å². The molecule has 2 aromatic carbocycles. The largest absolute Gasteiger partial charge is 0.507 e. The molecule has 0 saturated heterocycles. The van der Waals surface area contributed by atoms with Crippen molar-refractivity contribution in [2.24, 2.45) is 0 Å². The number of hydrogen-bond donors (Lipinski definition) is 2. The van der Waals surface area contributed by atoms with E-state index >= 15 is 0 Å². The van der Waals surface area contributed by atoms with E-state index in [4.69, 9.17) is 16.0 Å². The summed E-state index contributed by atoms with van der Waals surface area (Å²) in [7, 11) is 0. The Bertz CT molecular complexity index is 992. The van der Waals surface area contributed by atoms with Crippen molar-refractivity contribution < 1.29 is 9.52 Å². The van der Waals surface area contributed by atoms with Gasteiger partial charge < -0.3 is 9.52 Å². The molecule has 24 heavy (non-hydrogen) atoms. The zero-order chi connectivity index (χ0) is 16.5. The minimum absolute atomic E-state index is 0.0826. The SMILES string of the molecule is Oc1ccccc1-c1nnc(-c2cc(-c3ccc(Cl)cc3)n[nH]2)o1. The summed E-state index contributed by atoms with van der Waals surface area (Å²) in [6.07, 6.45) is 0. The highest BCUT2D eigenvalue weighted by Gasteiger charge is 2.15. The molecule has 0 spiro atoms. The third kappa shape index (κ3) is 2.63. The van der Waals surface area contributed by atoms with Crippen LogP contribution in [0.15, 0.2) is 59.0 Å². The van der Waals surface area contributed by atoms with E-state index in [0.717, 1.165) is 11.3 Å². The molecule has 0 aliphatic carbocycles. The molecular weight excluding hydrogens is 328 g/mol. The average Bonchev–Trinajstić information content (AvgIpc) is 3.25. The monoisotopic (exact) mass is 338 g/mol. The van der Waals surface area contributed by atoms with E-state index in [-0.39, 0.29) is 11.6 Å². The van der Waals surface area contributed by atoms with Crippen molar-refractivity contribution in [2.45, 2.75) is 0 Å². The molecule has 0 aliphatic heterocycles. The van der Waals surface area contributed by atoms with Gasteiger partial charge in [0.2, 0.25) is 0 Å². The van der Waals surface area contributed by atoms with E-state index in [0.29, 0.717) is 22.2 Å². The predicted molar refractivity (Wildman–Crippen MR) is 89.4 cm³/mol. The Kier molecular flexibility index (Phi) is 3.51. The number of rotatable bonds is 3. The molecule has 2 aromatic heterocycles. The van der Waals surface area contributed by atoms with Crippen LogP contribution >= 0.6 is 11.6 Å². The minimum atomic E-state index is 0.0826. The van der Waals surface area contributed by atoms with Gasteiger partial charge in [0.1, 0.15) is 11.4 Å². The number of hydrogen-bond acceptors (Lipinski definition) is 5. The van der Waals surface area contributed by atoms with Crippen LogP contribution in [-0.4, -0.2) is 25.5 Å². The van der Waals surface area contributed by atoms with Gasteiger partial charge >= 0.3 is 0 Å². The van der Waals surface area contributed by atoms with Gasteiger partial charge in [0.15, 0.2) is 0 Å². The third-order valence-corrected chi connectivity index (χ3v) is 3.76. The van der Waals surface area contributed by atoms with Gasteiger partial charge in [-0.2, -0.15) is 5.10 Å². The highest BCUT2D eigenvalue weighted by atomic mass is 35.5. The van der Waals surface area contributed by atoms with Gasteiger partial charge in [0, 0.05) is 10.6 Å². The predicted octanol–water partition coefficient (Wildman–Crippen LogP) is 4.15. The van der Waals surface area contributed by atoms with E-state index in [2.05, 4.69) is 20.4 Å². The Morgan fingerprint density at radius 1 is 0.958 bits per heavy atom. The van der Waals surface area contributed by atoms with Gasteiger partial charge in [-0.25, -0.2) is 0 Å². The molecule has 2 N–H and O–H groups in total. The zero-order valence-electron chi connectivity index (χ0n) is 12.3. The number of phenolic OH excluding ortho intramolecular Hbond substituents is 1. The van der Waals surface area contributed by atoms with E-state index < -0.39 is 0 Å². The minimum Gasteiger partial charge on any atom is -0.507 e. The molecule has 2 heterocycles. The van der Waals surface area contributed by atoms with Gasteiger partial charge in [-0.3, -0.25) is 5.10 Å². The van der Waals surface area contributed by atoms with Crippen molar-refractivity contribution >= 4 is 11.6 Å². The zero-order valence-corrected chi connectivity index (χ0v) is 13.0. The number of para-hydroxylation sites is 1. The number of benzene rings is 2. The first kappa shape index (κ1) is 14.5. The molecule has 4 aromatic rings. The molecule has 0 atom stereocenters. The van der Waals surface area contributed by atoms with Gasteiger partial charge in [-0.15, -0.1) is 10.2 Å². The summed E-state index contributed by atoms with van der Waals surface area (Å²) in [5, 5.41) is 25.6. The molecule has 6 nitrogen and oxygen atoms in total. The van der Waals surface area contributed by atoms with Crippen LogP contribution in [0.25, 0.3) is 34.3 Å². The third-order valence-electron chi connectivity index (χ3n) is 3.51. The number of aromatic hydroxyl groups is 1. The average molecular weight is 339 g/mol. The molecule has 0 aliphatic rings. The number of aromatic nitrogens is 4. The summed E-state index contributed by atoms with van der Waals surface area (Å²) in [6, 6.07) is 15.9. The number of nitrogens with one attached hydrogen (secondary N) is 1. The summed E-state index contributed by atoms with van der Waals surface area (Å²) >= 11 is 5.89. The molecule has 7 heteroatoms. The molecule has 0 saturated carbocycles. The molecule has 0 amide bonds. The molecule has 4 rings (SSSR count). The topological polar surface area (TPSA) is 87.8 Å². The fraction of sp³-hybridized carbons (Fsp3) is 0. The Labute approximate surface area is 141 Å². The number of halogens is 1. The molecule has 118 valence electrons. The van der Waals surface area contributed by atoms with Crippen molar-refractivity contribution in [3.05, 3.63) is 59.6 Å². The molecule has 0 radical (unpaired) electrons. The van der Waals surface area contributed by atoms with Gasteiger partial charge in [-0.05, 0) is 30.3 Å². The molecule has 0 unspecified atom stereocenters. The summed E-state index contributed by atoms with van der Waals surface area (Å²) in [5.74, 6) is 0.617. The van der Waals surface area contributed by atoms with Crippen LogP contribution in [0.5, 0.6) is 5.75 Å². The van der Waals surface area contributed by atoms with Gasteiger partial charge in [-0.1, -0.05) is 35.9 Å². The Balaban J connectivity index is 1.66. The van der Waals surface area contributed by atoms with E-state index in [1.807, 2.05) is 18.2 Å². The summed E-state index contributed by atoms with van der Waals surface area (Å²) in [4.78, 5) is 0. The van der Waals surface area contributed by atoms with Crippen molar-refractivity contribution in [1.29, 1.82) is 0 Å². The second-order valence-corrected chi connectivity index (χ2v) is 5.54. The van der Waals surface area contributed by atoms with Gasteiger partial charge in [0.25, 0.3) is 11.8 Å². The van der Waals surface area contributed by atoms with Crippen LogP contribution < -0.4 is 0 Å². The summed E-state index contributed by atoms with van der Waals surface area (Å²) in [6.45, 7) is 0. The lowest BCUT2D eigenvalue weighted by molar-refractivity contribution is 0.473. The normalized spacial score (nSPS) is 10.9. The number of nitrogens with zero attached hydrogens (tertiary/aromatic N) is 3. The molecule has 0 bridgehead atoms. The fourth-order valence-corrected chi connectivity index (χ4v) is 2.42. The maximum absolute atomic E-state index is 9.86. The van der Waals surface area contributed by atoms with Crippen LogP contribution in [0, 0.1) is 0 Å². The maximum atomic E-state index is 9.86. The molecular formula is C17H11ClN4O2. The second-order valence-electron chi connectivity index (χ2n) is 5.10. The van der Waals surface area contributed by atoms with Crippen molar-refractivity contribution in [1.82, 2.24) is 20.4 Å². The quantitative estimate of drug-likeness (QED) is 0.585. The van der Waals surface area contributed by atoms with Crippen LogP contribution in [0.2, 0.25) is 5.02 Å². The smallest absolute Gasteiger partial charge is 0.266 e. The Morgan fingerprint density at radius 2 is 1.71 bits per heavy atom. The fourth-order valence-electron chi connectivity index (χ4n) is 2.30. The van der Waals surface area contributed by atoms with E-state index in [1.165, 1.54) is 0 Å². The highest BCUT2D eigenvalue weighted by molar-refractivity contribution is 6.30. The first-order valence-electron chi connectivity index (χ1n) is 7.14. The lowest BCUT2D eigenvalue weighted by Gasteiger charge is -1.97. The lowest BCUT2D eigenvalue weighted by atomic mass is 10.1. The maximum Gasteiger partial charge on any atom is 0.266 e. The van der Waals surface area contributed by atoms with Gasteiger partial charge in [0.05, 0.1) is 11.3 Å². The van der Waals surface area contributed by atoms with Crippen LogP contribution in [-0.2, 0) is 0 Å². The first-order valence-corrected chi connectivity index (χ1v) is 7.52. The van der Waals surface area contributed by atoms with Crippen molar-refractivity contribution in [3.8, 4) is 40.0 Å². The number of aromatic amines is 1. The van der Waals surface area contributed by atoms with Crippen LogP contribution in [0.4, 0.5) is 0 Å². The number of H-pyrrole nitrogens is 1. The van der Waals surface area contributed by atoms with Crippen LogP contribution in [0.3, 0.4) is 0 Å². The summed E-state index contributed by atoms with van der Waals surface area (Å²) in [5.41, 5.74) is 2.73. The molecule has 0 fully saturated rings. The standard InChI is InChI=1S/C17H11ClN4O2/c18-11-7-5-10(6-8-11)13-9-14(20-19-13)17-22-21-16(24-17)12-3-1-2-4-15(12)23/h1-9,23H,(H,19,20). The van der Waals surface area contributed by atoms with Crippen LogP contribution in [0.1, 0.15) is 0 Å². The summed E-state index contributed by atoms with van der Waals surface area (Å²) < 4.78 is 5.63. The Morgan fingerprint density at radius 3 is 2.50 bits per heavy atom. The second kappa shape index (κ2) is 5.82. The van der Waals surface area contributed by atoms with Crippen molar-refractivity contribution in [3.63, 3.8) is 0 Å².